The van der Waals surface area contributed by atoms with Gasteiger partial charge in [0.05, 0.1) is 0 Å². The fourth-order valence-electron chi connectivity index (χ4n) is 3.26. The van der Waals surface area contributed by atoms with E-state index in [1.165, 1.54) is 4.90 Å². The van der Waals surface area contributed by atoms with E-state index in [9.17, 15) is 9.59 Å². The van der Waals surface area contributed by atoms with Gasteiger partial charge in [0, 0.05) is 17.3 Å². The highest BCUT2D eigenvalue weighted by Crippen LogP contribution is 2.32. The third-order valence-corrected chi connectivity index (χ3v) is 4.53. The SMILES string of the molecule is CC(C)(C)C(C1NC=C(c2ccccc2)O1)N(C=O)C(=O)c1ccccc1. The van der Waals surface area contributed by atoms with E-state index in [4.69, 9.17) is 4.74 Å². The molecule has 0 fully saturated rings. The third-order valence-electron chi connectivity index (χ3n) is 4.53. The zero-order valence-corrected chi connectivity index (χ0v) is 15.8. The summed E-state index contributed by atoms with van der Waals surface area (Å²) in [7, 11) is 0. The fraction of sp³-hybridized carbons (Fsp3) is 0.273. The number of amides is 2. The molecule has 2 unspecified atom stereocenters. The molecule has 0 aliphatic carbocycles. The topological polar surface area (TPSA) is 58.6 Å². The van der Waals surface area contributed by atoms with Crippen molar-refractivity contribution < 1.29 is 14.3 Å². The average molecular weight is 364 g/mol. The Balaban J connectivity index is 1.86. The molecule has 0 spiro atoms. The van der Waals surface area contributed by atoms with E-state index in [0.29, 0.717) is 17.7 Å². The Labute approximate surface area is 159 Å². The van der Waals surface area contributed by atoms with Gasteiger partial charge in [-0.15, -0.1) is 0 Å². The molecule has 0 radical (unpaired) electrons. The highest BCUT2D eigenvalue weighted by Gasteiger charge is 2.42. The molecule has 140 valence electrons. The van der Waals surface area contributed by atoms with Gasteiger partial charge in [0.2, 0.25) is 6.41 Å². The van der Waals surface area contributed by atoms with E-state index in [-0.39, 0.29) is 5.91 Å². The van der Waals surface area contributed by atoms with E-state index in [1.807, 2.05) is 57.2 Å². The van der Waals surface area contributed by atoms with Crippen LogP contribution in [0, 0.1) is 5.41 Å². The lowest BCUT2D eigenvalue weighted by Gasteiger charge is -2.40. The van der Waals surface area contributed by atoms with E-state index in [2.05, 4.69) is 5.32 Å². The average Bonchev–Trinajstić information content (AvgIpc) is 3.15. The van der Waals surface area contributed by atoms with Gasteiger partial charge in [-0.1, -0.05) is 69.3 Å². The van der Waals surface area contributed by atoms with E-state index in [1.54, 1.807) is 30.5 Å². The molecule has 2 amide bonds. The highest BCUT2D eigenvalue weighted by molar-refractivity contribution is 6.00. The van der Waals surface area contributed by atoms with Crippen LogP contribution in [0.5, 0.6) is 0 Å². The number of carbonyl (C=O) groups is 2. The Kier molecular flexibility index (Phi) is 5.31. The van der Waals surface area contributed by atoms with Crippen LogP contribution in [0.4, 0.5) is 0 Å². The lowest BCUT2D eigenvalue weighted by Crippen LogP contribution is -2.56. The van der Waals surface area contributed by atoms with Gasteiger partial charge in [-0.05, 0) is 17.5 Å². The quantitative estimate of drug-likeness (QED) is 0.823. The fourth-order valence-corrected chi connectivity index (χ4v) is 3.26. The smallest absolute Gasteiger partial charge is 0.260 e. The van der Waals surface area contributed by atoms with E-state index >= 15 is 0 Å². The van der Waals surface area contributed by atoms with Crippen LogP contribution in [0.2, 0.25) is 0 Å². The summed E-state index contributed by atoms with van der Waals surface area (Å²) in [5.41, 5.74) is 1.00. The summed E-state index contributed by atoms with van der Waals surface area (Å²) in [6.07, 6.45) is 1.85. The zero-order valence-electron chi connectivity index (χ0n) is 15.8. The van der Waals surface area contributed by atoms with Crippen molar-refractivity contribution in [1.29, 1.82) is 0 Å². The molecule has 0 saturated carbocycles. The molecule has 0 saturated heterocycles. The van der Waals surface area contributed by atoms with Crippen LogP contribution in [0.25, 0.3) is 5.76 Å². The van der Waals surface area contributed by atoms with Crippen molar-refractivity contribution in [3.63, 3.8) is 0 Å². The maximum absolute atomic E-state index is 13.0. The third kappa shape index (κ3) is 4.03. The van der Waals surface area contributed by atoms with E-state index < -0.39 is 17.7 Å². The van der Waals surface area contributed by atoms with Crippen molar-refractivity contribution >= 4 is 18.1 Å². The Morgan fingerprint density at radius 2 is 1.67 bits per heavy atom. The van der Waals surface area contributed by atoms with E-state index in [0.717, 1.165) is 5.56 Å². The summed E-state index contributed by atoms with van der Waals surface area (Å²) in [6.45, 7) is 5.95. The van der Waals surface area contributed by atoms with Crippen LogP contribution in [0.15, 0.2) is 66.9 Å². The first-order valence-corrected chi connectivity index (χ1v) is 8.93. The van der Waals surface area contributed by atoms with Gasteiger partial charge in [-0.2, -0.15) is 0 Å². The second-order valence-corrected chi connectivity index (χ2v) is 7.57. The number of imide groups is 1. The molecule has 3 rings (SSSR count). The molecule has 2 atom stereocenters. The molecule has 0 bridgehead atoms. The standard InChI is InChI=1S/C22H24N2O3/c1-22(2,3)19(24(15-25)21(26)17-12-8-5-9-13-17)20-23-14-18(27-20)16-10-6-4-7-11-16/h4-15,19-20,23H,1-3H3. The number of hydrogen-bond acceptors (Lipinski definition) is 4. The monoisotopic (exact) mass is 364 g/mol. The van der Waals surface area contributed by atoms with Gasteiger partial charge < -0.3 is 10.1 Å². The van der Waals surface area contributed by atoms with Crippen LogP contribution in [-0.4, -0.2) is 29.5 Å². The maximum atomic E-state index is 13.0. The summed E-state index contributed by atoms with van der Waals surface area (Å²) >= 11 is 0. The number of hydrogen-bond donors (Lipinski definition) is 1. The Morgan fingerprint density at radius 3 is 2.22 bits per heavy atom. The van der Waals surface area contributed by atoms with Crippen molar-refractivity contribution in [2.45, 2.75) is 33.0 Å². The Hall–Kier alpha value is -3.08. The number of benzene rings is 2. The summed E-state index contributed by atoms with van der Waals surface area (Å²) in [5, 5.41) is 3.20. The minimum atomic E-state index is -0.530. The second kappa shape index (κ2) is 7.66. The lowest BCUT2D eigenvalue weighted by molar-refractivity contribution is -0.122. The predicted octanol–water partition coefficient (Wildman–Crippen LogP) is 3.64. The molecule has 1 N–H and O–H groups in total. The van der Waals surface area contributed by atoms with Crippen molar-refractivity contribution in [2.24, 2.45) is 5.41 Å². The Bertz CT molecular complexity index is 826. The second-order valence-electron chi connectivity index (χ2n) is 7.57. The van der Waals surface area contributed by atoms with Gasteiger partial charge in [0.1, 0.15) is 11.8 Å². The normalized spacial score (nSPS) is 17.3. The summed E-state index contributed by atoms with van der Waals surface area (Å²) in [5.74, 6) is 0.344. The molecule has 1 aliphatic heterocycles. The predicted molar refractivity (Wildman–Crippen MR) is 104 cm³/mol. The molecule has 2 aromatic carbocycles. The largest absolute Gasteiger partial charge is 0.466 e. The van der Waals surface area contributed by atoms with Crippen molar-refractivity contribution in [1.82, 2.24) is 10.2 Å². The van der Waals surface area contributed by atoms with Gasteiger partial charge in [0.15, 0.2) is 6.23 Å². The molecule has 5 heteroatoms. The molecule has 1 aliphatic rings. The first-order chi connectivity index (χ1) is 12.9. The van der Waals surface area contributed by atoms with Gasteiger partial charge in [-0.3, -0.25) is 14.5 Å². The lowest BCUT2D eigenvalue weighted by atomic mass is 9.84. The van der Waals surface area contributed by atoms with Gasteiger partial charge in [-0.25, -0.2) is 0 Å². The molecular weight excluding hydrogens is 340 g/mol. The first-order valence-electron chi connectivity index (χ1n) is 8.93. The van der Waals surface area contributed by atoms with Gasteiger partial charge >= 0.3 is 0 Å². The summed E-state index contributed by atoms with van der Waals surface area (Å²) < 4.78 is 6.10. The molecule has 1 heterocycles. The van der Waals surface area contributed by atoms with Crippen LogP contribution >= 0.6 is 0 Å². The molecular formula is C22H24N2O3. The number of carbonyl (C=O) groups excluding carboxylic acids is 2. The van der Waals surface area contributed by atoms with Crippen LogP contribution in [-0.2, 0) is 9.53 Å². The van der Waals surface area contributed by atoms with Crippen LogP contribution in [0.1, 0.15) is 36.7 Å². The molecule has 0 aromatic heterocycles. The van der Waals surface area contributed by atoms with Crippen molar-refractivity contribution in [2.75, 3.05) is 0 Å². The van der Waals surface area contributed by atoms with Crippen molar-refractivity contribution in [3.05, 3.63) is 78.0 Å². The number of rotatable bonds is 5. The first kappa shape index (κ1) is 18.7. The van der Waals surface area contributed by atoms with Crippen LogP contribution in [0.3, 0.4) is 0 Å². The molecule has 2 aromatic rings. The maximum Gasteiger partial charge on any atom is 0.260 e. The highest BCUT2D eigenvalue weighted by atomic mass is 16.5. The zero-order chi connectivity index (χ0) is 19.4. The minimum absolute atomic E-state index is 0.343. The summed E-state index contributed by atoms with van der Waals surface area (Å²) in [4.78, 5) is 26.1. The minimum Gasteiger partial charge on any atom is -0.466 e. The summed E-state index contributed by atoms with van der Waals surface area (Å²) in [6, 6.07) is 18.0. The number of nitrogens with zero attached hydrogens (tertiary/aromatic N) is 1. The number of nitrogens with one attached hydrogen (secondary N) is 1. The molecule has 27 heavy (non-hydrogen) atoms. The van der Waals surface area contributed by atoms with Crippen molar-refractivity contribution in [3.8, 4) is 0 Å². The van der Waals surface area contributed by atoms with Crippen LogP contribution < -0.4 is 5.32 Å². The Morgan fingerprint density at radius 1 is 1.07 bits per heavy atom. The number of ether oxygens (including phenoxy) is 1. The van der Waals surface area contributed by atoms with Gasteiger partial charge in [0.25, 0.3) is 5.91 Å². The molecule has 5 nitrogen and oxygen atoms in total.